The summed E-state index contributed by atoms with van der Waals surface area (Å²) in [6.45, 7) is 4.39. The Hall–Kier alpha value is -2.65. The normalized spacial score (nSPS) is 10.1. The summed E-state index contributed by atoms with van der Waals surface area (Å²) in [5.41, 5.74) is 8.24. The third kappa shape index (κ3) is 3.46. The number of aromatic nitrogens is 3. The van der Waals surface area contributed by atoms with Gasteiger partial charge < -0.3 is 15.2 Å². The zero-order chi connectivity index (χ0) is 15.2. The standard InChI is InChI=1S/C15H16N4O2/c1-4-11-6-7-12(13(8-11)21-9-20-5-2)14-10(3)17-15(16)19-18-14/h1,6-8H,5,9H2,2-3H3,(H2,16,17,19). The zero-order valence-electron chi connectivity index (χ0n) is 12.0. The van der Waals surface area contributed by atoms with E-state index in [-0.39, 0.29) is 12.7 Å². The first-order valence-electron chi connectivity index (χ1n) is 6.44. The molecule has 1 aromatic carbocycles. The van der Waals surface area contributed by atoms with Gasteiger partial charge >= 0.3 is 0 Å². The van der Waals surface area contributed by atoms with Gasteiger partial charge in [-0.05, 0) is 32.0 Å². The fraction of sp³-hybridized carbons (Fsp3) is 0.267. The number of rotatable bonds is 5. The minimum atomic E-state index is 0.131. The molecule has 21 heavy (non-hydrogen) atoms. The number of terminal acetylenes is 1. The van der Waals surface area contributed by atoms with Crippen LogP contribution in [-0.2, 0) is 4.74 Å². The van der Waals surface area contributed by atoms with Crippen LogP contribution in [0.2, 0.25) is 0 Å². The first-order valence-corrected chi connectivity index (χ1v) is 6.44. The maximum absolute atomic E-state index is 5.62. The SMILES string of the molecule is C#Cc1ccc(-c2nnc(N)nc2C)c(OCOCC)c1. The highest BCUT2D eigenvalue weighted by Gasteiger charge is 2.13. The molecule has 0 aliphatic carbocycles. The van der Waals surface area contributed by atoms with Crippen LogP contribution in [0.15, 0.2) is 18.2 Å². The number of nitrogen functional groups attached to an aromatic ring is 1. The minimum absolute atomic E-state index is 0.131. The molecule has 2 rings (SSSR count). The highest BCUT2D eigenvalue weighted by molar-refractivity contribution is 5.70. The number of anilines is 1. The maximum Gasteiger partial charge on any atom is 0.240 e. The lowest BCUT2D eigenvalue weighted by atomic mass is 10.1. The van der Waals surface area contributed by atoms with Crippen LogP contribution < -0.4 is 10.5 Å². The Labute approximate surface area is 123 Å². The van der Waals surface area contributed by atoms with E-state index in [0.29, 0.717) is 29.3 Å². The van der Waals surface area contributed by atoms with Gasteiger partial charge in [-0.3, -0.25) is 0 Å². The lowest BCUT2D eigenvalue weighted by Gasteiger charge is -2.12. The molecule has 6 heteroatoms. The molecule has 1 aromatic heterocycles. The van der Waals surface area contributed by atoms with Crippen LogP contribution in [0.25, 0.3) is 11.3 Å². The molecule has 6 nitrogen and oxygen atoms in total. The number of aryl methyl sites for hydroxylation is 1. The van der Waals surface area contributed by atoms with E-state index in [1.165, 1.54) is 0 Å². The van der Waals surface area contributed by atoms with E-state index in [0.717, 1.165) is 5.56 Å². The number of benzene rings is 1. The van der Waals surface area contributed by atoms with E-state index >= 15 is 0 Å². The Balaban J connectivity index is 2.44. The van der Waals surface area contributed by atoms with Gasteiger partial charge in [0.2, 0.25) is 5.95 Å². The molecule has 2 aromatic rings. The van der Waals surface area contributed by atoms with Gasteiger partial charge in [-0.2, -0.15) is 0 Å². The van der Waals surface area contributed by atoms with Gasteiger partial charge in [-0.25, -0.2) is 4.98 Å². The molecule has 0 fully saturated rings. The molecule has 0 bridgehead atoms. The third-order valence-corrected chi connectivity index (χ3v) is 2.78. The predicted octanol–water partition coefficient (Wildman–Crippen LogP) is 1.78. The molecule has 0 radical (unpaired) electrons. The molecule has 0 saturated heterocycles. The summed E-state index contributed by atoms with van der Waals surface area (Å²) < 4.78 is 10.8. The van der Waals surface area contributed by atoms with E-state index in [2.05, 4.69) is 21.1 Å². The summed E-state index contributed by atoms with van der Waals surface area (Å²) in [5, 5.41) is 7.87. The van der Waals surface area contributed by atoms with Crippen molar-refractivity contribution in [3.63, 3.8) is 0 Å². The molecule has 0 unspecified atom stereocenters. The lowest BCUT2D eigenvalue weighted by Crippen LogP contribution is -2.06. The molecule has 2 N–H and O–H groups in total. The molecular formula is C15H16N4O2. The Morgan fingerprint density at radius 3 is 2.81 bits per heavy atom. The van der Waals surface area contributed by atoms with Crippen LogP contribution in [0.4, 0.5) is 5.95 Å². The van der Waals surface area contributed by atoms with Crippen LogP contribution in [0.3, 0.4) is 0 Å². The molecule has 0 aliphatic heterocycles. The van der Waals surface area contributed by atoms with Gasteiger partial charge in [-0.15, -0.1) is 16.6 Å². The first-order chi connectivity index (χ1) is 10.2. The Kier molecular flexibility index (Phi) is 4.69. The maximum atomic E-state index is 5.62. The van der Waals surface area contributed by atoms with E-state index in [1.807, 2.05) is 19.9 Å². The van der Waals surface area contributed by atoms with E-state index in [9.17, 15) is 0 Å². The van der Waals surface area contributed by atoms with E-state index in [1.54, 1.807) is 12.1 Å². The van der Waals surface area contributed by atoms with Gasteiger partial charge in [0.25, 0.3) is 0 Å². The minimum Gasteiger partial charge on any atom is -0.467 e. The second-order valence-electron chi connectivity index (χ2n) is 4.21. The van der Waals surface area contributed by atoms with Gasteiger partial charge in [-0.1, -0.05) is 5.92 Å². The summed E-state index contributed by atoms with van der Waals surface area (Å²) in [6, 6.07) is 5.39. The summed E-state index contributed by atoms with van der Waals surface area (Å²) in [7, 11) is 0. The van der Waals surface area contributed by atoms with Gasteiger partial charge in [0.1, 0.15) is 11.4 Å². The fourth-order valence-corrected chi connectivity index (χ4v) is 1.79. The molecular weight excluding hydrogens is 268 g/mol. The molecule has 0 amide bonds. The quantitative estimate of drug-likeness (QED) is 0.512. The average Bonchev–Trinajstić information content (AvgIpc) is 2.48. The summed E-state index contributed by atoms with van der Waals surface area (Å²) in [6.07, 6.45) is 5.42. The van der Waals surface area contributed by atoms with E-state index in [4.69, 9.17) is 21.6 Å². The number of hydrogen-bond acceptors (Lipinski definition) is 6. The second kappa shape index (κ2) is 6.68. The van der Waals surface area contributed by atoms with Crippen molar-refractivity contribution in [3.8, 4) is 29.4 Å². The monoisotopic (exact) mass is 284 g/mol. The molecule has 0 spiro atoms. The lowest BCUT2D eigenvalue weighted by molar-refractivity contribution is 0.0227. The van der Waals surface area contributed by atoms with Crippen LogP contribution in [0.5, 0.6) is 5.75 Å². The van der Waals surface area contributed by atoms with E-state index < -0.39 is 0 Å². The molecule has 1 heterocycles. The Bertz CT molecular complexity index is 680. The highest BCUT2D eigenvalue weighted by Crippen LogP contribution is 2.31. The first kappa shape index (κ1) is 14.8. The van der Waals surface area contributed by atoms with Crippen molar-refractivity contribution in [2.75, 3.05) is 19.1 Å². The molecule has 0 aliphatic rings. The van der Waals surface area contributed by atoms with Gasteiger partial charge in [0.05, 0.1) is 5.69 Å². The van der Waals surface area contributed by atoms with Crippen molar-refractivity contribution >= 4 is 5.95 Å². The van der Waals surface area contributed by atoms with Crippen molar-refractivity contribution < 1.29 is 9.47 Å². The smallest absolute Gasteiger partial charge is 0.240 e. The van der Waals surface area contributed by atoms with Crippen LogP contribution in [0, 0.1) is 19.3 Å². The topological polar surface area (TPSA) is 83.2 Å². The van der Waals surface area contributed by atoms with Crippen LogP contribution in [0.1, 0.15) is 18.2 Å². The molecule has 108 valence electrons. The average molecular weight is 284 g/mol. The van der Waals surface area contributed by atoms with Gasteiger partial charge in [0.15, 0.2) is 6.79 Å². The summed E-state index contributed by atoms with van der Waals surface area (Å²) in [5.74, 6) is 3.27. The van der Waals surface area contributed by atoms with Gasteiger partial charge in [0, 0.05) is 17.7 Å². The summed E-state index contributed by atoms with van der Waals surface area (Å²) in [4.78, 5) is 4.11. The van der Waals surface area contributed by atoms with Crippen molar-refractivity contribution in [3.05, 3.63) is 29.5 Å². The van der Waals surface area contributed by atoms with Crippen LogP contribution >= 0.6 is 0 Å². The number of nitrogens with zero attached hydrogens (tertiary/aromatic N) is 3. The van der Waals surface area contributed by atoms with Crippen molar-refractivity contribution in [1.29, 1.82) is 0 Å². The number of hydrogen-bond donors (Lipinski definition) is 1. The van der Waals surface area contributed by atoms with Crippen molar-refractivity contribution in [2.45, 2.75) is 13.8 Å². The summed E-state index contributed by atoms with van der Waals surface area (Å²) >= 11 is 0. The fourth-order valence-electron chi connectivity index (χ4n) is 1.79. The highest BCUT2D eigenvalue weighted by atomic mass is 16.7. The largest absolute Gasteiger partial charge is 0.467 e. The molecule has 0 atom stereocenters. The number of nitrogens with two attached hydrogens (primary N) is 1. The van der Waals surface area contributed by atoms with Crippen molar-refractivity contribution in [1.82, 2.24) is 15.2 Å². The second-order valence-corrected chi connectivity index (χ2v) is 4.21. The zero-order valence-corrected chi connectivity index (χ0v) is 12.0. The Morgan fingerprint density at radius 1 is 1.33 bits per heavy atom. The van der Waals surface area contributed by atoms with Crippen molar-refractivity contribution in [2.24, 2.45) is 0 Å². The third-order valence-electron chi connectivity index (χ3n) is 2.78. The number of ether oxygens (including phenoxy) is 2. The van der Waals surface area contributed by atoms with Crippen LogP contribution in [-0.4, -0.2) is 28.6 Å². The molecule has 0 saturated carbocycles. The Morgan fingerprint density at radius 2 is 2.14 bits per heavy atom. The predicted molar refractivity (Wildman–Crippen MR) is 79.5 cm³/mol.